The van der Waals surface area contributed by atoms with Crippen LogP contribution in [-0.4, -0.2) is 16.8 Å². The molecule has 3 nitrogen and oxygen atoms in total. The van der Waals surface area contributed by atoms with Crippen molar-refractivity contribution in [3.05, 3.63) is 47.0 Å². The van der Waals surface area contributed by atoms with Crippen LogP contribution in [0.4, 0.5) is 13.2 Å². The van der Waals surface area contributed by atoms with Crippen molar-refractivity contribution in [1.29, 1.82) is 0 Å². The topological polar surface area (TPSA) is 29.9 Å². The molecule has 0 saturated heterocycles. The lowest BCUT2D eigenvalue weighted by Crippen LogP contribution is -2.07. The standard InChI is InChI=1S/C12H12F3N3/c1-7-8(5-16-2)6-17-18(7)9-3-10(13)12(15)11(14)4-9/h3-4,6,16H,5H2,1-2H3. The van der Waals surface area contributed by atoms with Crippen molar-refractivity contribution >= 4 is 0 Å². The number of nitrogens with one attached hydrogen (secondary N) is 1. The molecule has 0 atom stereocenters. The largest absolute Gasteiger partial charge is 0.316 e. The van der Waals surface area contributed by atoms with Crippen LogP contribution in [0.3, 0.4) is 0 Å². The number of nitrogens with zero attached hydrogens (tertiary/aromatic N) is 2. The summed E-state index contributed by atoms with van der Waals surface area (Å²) in [5, 5.41) is 7.00. The van der Waals surface area contributed by atoms with Gasteiger partial charge < -0.3 is 5.32 Å². The molecule has 1 heterocycles. The van der Waals surface area contributed by atoms with Crippen LogP contribution in [0.15, 0.2) is 18.3 Å². The maximum atomic E-state index is 13.1. The zero-order chi connectivity index (χ0) is 13.3. The van der Waals surface area contributed by atoms with Crippen LogP contribution in [0.5, 0.6) is 0 Å². The van der Waals surface area contributed by atoms with Gasteiger partial charge in [-0.15, -0.1) is 0 Å². The van der Waals surface area contributed by atoms with Gasteiger partial charge in [0.2, 0.25) is 0 Å². The van der Waals surface area contributed by atoms with Crippen molar-refractivity contribution in [2.24, 2.45) is 0 Å². The SMILES string of the molecule is CNCc1cnn(-c2cc(F)c(F)c(F)c2)c1C. The quantitative estimate of drug-likeness (QED) is 0.853. The molecule has 0 amide bonds. The van der Waals surface area contributed by atoms with Crippen molar-refractivity contribution in [1.82, 2.24) is 15.1 Å². The average molecular weight is 255 g/mol. The van der Waals surface area contributed by atoms with Crippen molar-refractivity contribution in [3.8, 4) is 5.69 Å². The van der Waals surface area contributed by atoms with E-state index in [0.717, 1.165) is 23.4 Å². The zero-order valence-electron chi connectivity index (χ0n) is 9.97. The van der Waals surface area contributed by atoms with Gasteiger partial charge >= 0.3 is 0 Å². The lowest BCUT2D eigenvalue weighted by molar-refractivity contribution is 0.446. The number of hydrogen-bond acceptors (Lipinski definition) is 2. The minimum atomic E-state index is -1.47. The van der Waals surface area contributed by atoms with Gasteiger partial charge in [-0.25, -0.2) is 17.9 Å². The first-order valence-electron chi connectivity index (χ1n) is 5.37. The molecule has 6 heteroatoms. The van der Waals surface area contributed by atoms with Gasteiger partial charge in [0.25, 0.3) is 0 Å². The Kier molecular flexibility index (Phi) is 3.38. The Bertz CT molecular complexity index is 555. The van der Waals surface area contributed by atoms with Crippen LogP contribution < -0.4 is 5.32 Å². The van der Waals surface area contributed by atoms with Gasteiger partial charge in [0.15, 0.2) is 17.5 Å². The van der Waals surface area contributed by atoms with Gasteiger partial charge in [0.1, 0.15) is 0 Å². The Morgan fingerprint density at radius 1 is 1.22 bits per heavy atom. The minimum absolute atomic E-state index is 0.159. The van der Waals surface area contributed by atoms with Crippen LogP contribution in [0.25, 0.3) is 5.69 Å². The average Bonchev–Trinajstić information content (AvgIpc) is 2.68. The molecule has 1 N–H and O–H groups in total. The second-order valence-electron chi connectivity index (χ2n) is 3.92. The van der Waals surface area contributed by atoms with Gasteiger partial charge in [-0.05, 0) is 14.0 Å². The summed E-state index contributed by atoms with van der Waals surface area (Å²) in [5.74, 6) is -3.93. The molecule has 0 radical (unpaired) electrons. The molecular weight excluding hydrogens is 243 g/mol. The summed E-state index contributed by atoms with van der Waals surface area (Å²) in [6.07, 6.45) is 1.60. The second kappa shape index (κ2) is 4.81. The summed E-state index contributed by atoms with van der Waals surface area (Å²) in [5.41, 5.74) is 1.81. The van der Waals surface area contributed by atoms with Crippen molar-refractivity contribution < 1.29 is 13.2 Å². The lowest BCUT2D eigenvalue weighted by Gasteiger charge is -2.06. The van der Waals surface area contributed by atoms with E-state index in [-0.39, 0.29) is 5.69 Å². The van der Waals surface area contributed by atoms with Gasteiger partial charge in [0, 0.05) is 29.9 Å². The van der Waals surface area contributed by atoms with Gasteiger partial charge in [-0.3, -0.25) is 0 Å². The maximum Gasteiger partial charge on any atom is 0.194 e. The summed E-state index contributed by atoms with van der Waals surface area (Å²) < 4.78 is 40.5. The monoisotopic (exact) mass is 255 g/mol. The molecule has 0 unspecified atom stereocenters. The molecule has 0 bridgehead atoms. The molecule has 1 aromatic heterocycles. The first-order valence-corrected chi connectivity index (χ1v) is 5.37. The smallest absolute Gasteiger partial charge is 0.194 e. The zero-order valence-corrected chi connectivity index (χ0v) is 9.97. The van der Waals surface area contributed by atoms with Crippen LogP contribution in [-0.2, 0) is 6.54 Å². The van der Waals surface area contributed by atoms with Crippen molar-refractivity contribution in [2.45, 2.75) is 13.5 Å². The fraction of sp³-hybridized carbons (Fsp3) is 0.250. The Morgan fingerprint density at radius 3 is 2.39 bits per heavy atom. The molecule has 0 fully saturated rings. The van der Waals surface area contributed by atoms with E-state index in [1.807, 2.05) is 0 Å². The highest BCUT2D eigenvalue weighted by Crippen LogP contribution is 2.19. The predicted octanol–water partition coefficient (Wildman–Crippen LogP) is 2.32. The van der Waals surface area contributed by atoms with E-state index in [4.69, 9.17) is 0 Å². The van der Waals surface area contributed by atoms with E-state index < -0.39 is 17.5 Å². The highest BCUT2D eigenvalue weighted by Gasteiger charge is 2.14. The first-order chi connectivity index (χ1) is 8.54. The Hall–Kier alpha value is -1.82. The summed E-state index contributed by atoms with van der Waals surface area (Å²) in [6.45, 7) is 2.37. The first kappa shape index (κ1) is 12.6. The molecule has 18 heavy (non-hydrogen) atoms. The Morgan fingerprint density at radius 2 is 1.83 bits per heavy atom. The van der Waals surface area contributed by atoms with Crippen LogP contribution >= 0.6 is 0 Å². The van der Waals surface area contributed by atoms with E-state index in [2.05, 4.69) is 10.4 Å². The number of rotatable bonds is 3. The third kappa shape index (κ3) is 2.11. The van der Waals surface area contributed by atoms with E-state index >= 15 is 0 Å². The molecule has 0 aliphatic heterocycles. The number of halogens is 3. The summed E-state index contributed by atoms with van der Waals surface area (Å²) in [7, 11) is 1.79. The van der Waals surface area contributed by atoms with E-state index in [1.165, 1.54) is 4.68 Å². The number of aromatic nitrogens is 2. The lowest BCUT2D eigenvalue weighted by atomic mass is 10.2. The van der Waals surface area contributed by atoms with Crippen LogP contribution in [0, 0.1) is 24.4 Å². The molecule has 2 aromatic rings. The van der Waals surface area contributed by atoms with Gasteiger partial charge in [0.05, 0.1) is 11.9 Å². The summed E-state index contributed by atoms with van der Waals surface area (Å²) >= 11 is 0. The van der Waals surface area contributed by atoms with Crippen LogP contribution in [0.1, 0.15) is 11.3 Å². The summed E-state index contributed by atoms with van der Waals surface area (Å²) in [6, 6.07) is 1.84. The van der Waals surface area contributed by atoms with Gasteiger partial charge in [-0.1, -0.05) is 0 Å². The maximum absolute atomic E-state index is 13.1. The molecule has 0 aliphatic rings. The number of hydrogen-bond donors (Lipinski definition) is 1. The fourth-order valence-corrected chi connectivity index (χ4v) is 1.73. The van der Waals surface area contributed by atoms with Crippen LogP contribution in [0.2, 0.25) is 0 Å². The normalized spacial score (nSPS) is 10.9. The molecule has 0 spiro atoms. The minimum Gasteiger partial charge on any atom is -0.316 e. The third-order valence-corrected chi connectivity index (χ3v) is 2.69. The third-order valence-electron chi connectivity index (χ3n) is 2.69. The molecule has 0 saturated carbocycles. The van der Waals surface area contributed by atoms with E-state index in [9.17, 15) is 13.2 Å². The van der Waals surface area contributed by atoms with Crippen molar-refractivity contribution in [2.75, 3.05) is 7.05 Å². The Labute approximate surface area is 102 Å². The fourth-order valence-electron chi connectivity index (χ4n) is 1.73. The van der Waals surface area contributed by atoms with E-state index in [0.29, 0.717) is 6.54 Å². The van der Waals surface area contributed by atoms with Gasteiger partial charge in [-0.2, -0.15) is 5.10 Å². The summed E-state index contributed by atoms with van der Waals surface area (Å²) in [4.78, 5) is 0. The highest BCUT2D eigenvalue weighted by molar-refractivity contribution is 5.36. The highest BCUT2D eigenvalue weighted by atomic mass is 19.2. The molecule has 2 rings (SSSR count). The molecule has 0 aliphatic carbocycles. The Balaban J connectivity index is 2.49. The van der Waals surface area contributed by atoms with E-state index in [1.54, 1.807) is 20.2 Å². The van der Waals surface area contributed by atoms with Crippen molar-refractivity contribution in [3.63, 3.8) is 0 Å². The second-order valence-corrected chi connectivity index (χ2v) is 3.92. The molecule has 1 aromatic carbocycles. The predicted molar refractivity (Wildman–Crippen MR) is 60.9 cm³/mol. The number of benzene rings is 1. The molecule has 96 valence electrons. The molecular formula is C12H12F3N3.